The van der Waals surface area contributed by atoms with Gasteiger partial charge in [-0.1, -0.05) is 11.8 Å². The summed E-state index contributed by atoms with van der Waals surface area (Å²) in [6, 6.07) is 6.39. The zero-order valence-corrected chi connectivity index (χ0v) is 15.7. The molecular weight excluding hydrogens is 336 g/mol. The number of hydrogen-bond acceptors (Lipinski definition) is 6. The van der Waals surface area contributed by atoms with Crippen molar-refractivity contribution in [2.45, 2.75) is 44.8 Å². The number of carbonyl (C=O) groups excluding carboxylic acids is 1. The minimum atomic E-state index is -0.0553. The molecule has 3 rings (SSSR count). The first kappa shape index (κ1) is 17.7. The summed E-state index contributed by atoms with van der Waals surface area (Å²) < 4.78 is 1.72. The molecule has 2 aromatic rings. The smallest absolute Gasteiger partial charge is 0.234 e. The van der Waals surface area contributed by atoms with E-state index in [1.54, 1.807) is 4.68 Å². The predicted octanol–water partition coefficient (Wildman–Crippen LogP) is 2.89. The van der Waals surface area contributed by atoms with E-state index in [9.17, 15) is 4.79 Å². The van der Waals surface area contributed by atoms with Crippen molar-refractivity contribution in [1.29, 1.82) is 0 Å². The molecule has 1 aliphatic heterocycles. The average molecular weight is 360 g/mol. The minimum absolute atomic E-state index is 0.0553. The number of anilines is 2. The molecule has 0 saturated carbocycles. The van der Waals surface area contributed by atoms with Crippen LogP contribution < -0.4 is 10.2 Å². The molecule has 1 N–H and O–H groups in total. The molecule has 0 aliphatic carbocycles. The summed E-state index contributed by atoms with van der Waals surface area (Å²) >= 11 is 1.35. The largest absolute Gasteiger partial charge is 0.372 e. The van der Waals surface area contributed by atoms with Gasteiger partial charge in [0.1, 0.15) is 0 Å². The van der Waals surface area contributed by atoms with Gasteiger partial charge in [0.05, 0.1) is 11.8 Å². The van der Waals surface area contributed by atoms with Crippen LogP contribution in [0.2, 0.25) is 0 Å². The second-order valence-electron chi connectivity index (χ2n) is 6.53. The van der Waals surface area contributed by atoms with Gasteiger partial charge in [0.15, 0.2) is 0 Å². The molecule has 1 aromatic carbocycles. The van der Waals surface area contributed by atoms with Crippen LogP contribution >= 0.6 is 11.8 Å². The van der Waals surface area contributed by atoms with Crippen LogP contribution in [0.1, 0.15) is 38.3 Å². The number of amides is 1. The van der Waals surface area contributed by atoms with E-state index < -0.39 is 0 Å². The number of aromatic nitrogens is 4. The third-order valence-electron chi connectivity index (χ3n) is 4.24. The van der Waals surface area contributed by atoms with E-state index >= 15 is 0 Å². The number of nitrogens with one attached hydrogen (secondary N) is 1. The van der Waals surface area contributed by atoms with E-state index in [0.717, 1.165) is 24.3 Å². The number of hydrogen-bond donors (Lipinski definition) is 1. The van der Waals surface area contributed by atoms with E-state index in [2.05, 4.69) is 37.9 Å². The first-order valence-electron chi connectivity index (χ1n) is 8.60. The average Bonchev–Trinajstić information content (AvgIpc) is 3.26. The number of aryl methyl sites for hydroxylation is 1. The van der Waals surface area contributed by atoms with E-state index in [1.807, 2.05) is 26.8 Å². The van der Waals surface area contributed by atoms with Gasteiger partial charge in [-0.15, -0.1) is 5.10 Å². The molecule has 8 heteroatoms. The number of thioether (sulfide) groups is 1. The third-order valence-corrected chi connectivity index (χ3v) is 5.17. The molecule has 1 aliphatic rings. The number of tetrazole rings is 1. The monoisotopic (exact) mass is 360 g/mol. The van der Waals surface area contributed by atoms with E-state index in [1.165, 1.54) is 30.3 Å². The molecule has 0 radical (unpaired) electrons. The summed E-state index contributed by atoms with van der Waals surface area (Å²) in [5, 5.41) is 15.2. The summed E-state index contributed by atoms with van der Waals surface area (Å²) in [4.78, 5) is 14.7. The maximum atomic E-state index is 12.3. The second-order valence-corrected chi connectivity index (χ2v) is 7.47. The molecule has 2 heterocycles. The number of rotatable bonds is 6. The predicted molar refractivity (Wildman–Crippen MR) is 100 cm³/mol. The molecule has 0 spiro atoms. The molecule has 1 saturated heterocycles. The van der Waals surface area contributed by atoms with Gasteiger partial charge in [0, 0.05) is 24.5 Å². The Morgan fingerprint density at radius 1 is 1.32 bits per heavy atom. The maximum absolute atomic E-state index is 12.3. The van der Waals surface area contributed by atoms with Crippen molar-refractivity contribution in [2.24, 2.45) is 0 Å². The lowest BCUT2D eigenvalue weighted by molar-refractivity contribution is -0.113. The van der Waals surface area contributed by atoms with Crippen molar-refractivity contribution in [3.05, 3.63) is 23.8 Å². The van der Waals surface area contributed by atoms with Crippen LogP contribution in [0.3, 0.4) is 0 Å². The summed E-state index contributed by atoms with van der Waals surface area (Å²) in [5.74, 6) is 0.223. The first-order chi connectivity index (χ1) is 12.0. The van der Waals surface area contributed by atoms with Gasteiger partial charge in [0.25, 0.3) is 0 Å². The Labute approximate surface area is 152 Å². The molecule has 1 fully saturated rings. The standard InChI is InChI=1S/C17H24N6OS/c1-12(2)23-17(19-20-21-23)25-11-16(24)18-15-7-6-14(10-13(15)3)22-8-4-5-9-22/h6-7,10,12H,4-5,8-9,11H2,1-3H3,(H,18,24). The van der Waals surface area contributed by atoms with E-state index in [-0.39, 0.29) is 17.7 Å². The Kier molecular flexibility index (Phi) is 5.57. The zero-order chi connectivity index (χ0) is 17.8. The van der Waals surface area contributed by atoms with Crippen LogP contribution in [0.4, 0.5) is 11.4 Å². The highest BCUT2D eigenvalue weighted by Crippen LogP contribution is 2.26. The highest BCUT2D eigenvalue weighted by molar-refractivity contribution is 7.99. The summed E-state index contributed by atoms with van der Waals surface area (Å²) in [5.41, 5.74) is 3.17. The van der Waals surface area contributed by atoms with Gasteiger partial charge in [-0.25, -0.2) is 4.68 Å². The van der Waals surface area contributed by atoms with Crippen molar-refractivity contribution in [3.63, 3.8) is 0 Å². The van der Waals surface area contributed by atoms with E-state index in [4.69, 9.17) is 0 Å². The topological polar surface area (TPSA) is 75.9 Å². The summed E-state index contributed by atoms with van der Waals surface area (Å²) in [6.07, 6.45) is 2.51. The maximum Gasteiger partial charge on any atom is 0.234 e. The number of carbonyl (C=O) groups is 1. The van der Waals surface area contributed by atoms with Crippen LogP contribution in [-0.4, -0.2) is 45.0 Å². The van der Waals surface area contributed by atoms with Crippen molar-refractivity contribution in [2.75, 3.05) is 29.1 Å². The van der Waals surface area contributed by atoms with Crippen LogP contribution in [0.25, 0.3) is 0 Å². The Balaban J connectivity index is 1.58. The SMILES string of the molecule is Cc1cc(N2CCCC2)ccc1NC(=O)CSc1nnnn1C(C)C. The Bertz CT molecular complexity index is 738. The van der Waals surface area contributed by atoms with Gasteiger partial charge < -0.3 is 10.2 Å². The molecule has 0 atom stereocenters. The van der Waals surface area contributed by atoms with Crippen molar-refractivity contribution in [3.8, 4) is 0 Å². The second kappa shape index (κ2) is 7.86. The molecule has 1 aromatic heterocycles. The lowest BCUT2D eigenvalue weighted by atomic mass is 10.1. The van der Waals surface area contributed by atoms with Crippen LogP contribution in [0, 0.1) is 6.92 Å². The van der Waals surface area contributed by atoms with Gasteiger partial charge in [-0.05, 0) is 67.8 Å². The molecule has 0 unspecified atom stereocenters. The summed E-state index contributed by atoms with van der Waals surface area (Å²) in [6.45, 7) is 8.28. The highest BCUT2D eigenvalue weighted by atomic mass is 32.2. The number of nitrogens with zero attached hydrogens (tertiary/aromatic N) is 5. The van der Waals surface area contributed by atoms with E-state index in [0.29, 0.717) is 5.16 Å². The van der Waals surface area contributed by atoms with Crippen molar-refractivity contribution >= 4 is 29.0 Å². The molecule has 0 bridgehead atoms. The lowest BCUT2D eigenvalue weighted by Crippen LogP contribution is -2.18. The normalized spacial score (nSPS) is 14.3. The zero-order valence-electron chi connectivity index (χ0n) is 14.9. The van der Waals surface area contributed by atoms with Crippen LogP contribution in [-0.2, 0) is 4.79 Å². The fraction of sp³-hybridized carbons (Fsp3) is 0.529. The van der Waals surface area contributed by atoms with Crippen molar-refractivity contribution in [1.82, 2.24) is 20.2 Å². The molecule has 134 valence electrons. The van der Waals surface area contributed by atoms with Gasteiger partial charge >= 0.3 is 0 Å². The Morgan fingerprint density at radius 3 is 2.76 bits per heavy atom. The fourth-order valence-electron chi connectivity index (χ4n) is 2.88. The first-order valence-corrected chi connectivity index (χ1v) is 9.59. The highest BCUT2D eigenvalue weighted by Gasteiger charge is 2.15. The fourth-order valence-corrected chi connectivity index (χ4v) is 3.69. The minimum Gasteiger partial charge on any atom is -0.372 e. The van der Waals surface area contributed by atoms with Crippen molar-refractivity contribution < 1.29 is 4.79 Å². The molecular formula is C17H24N6OS. The van der Waals surface area contributed by atoms with Gasteiger partial charge in [-0.2, -0.15) is 0 Å². The molecule has 25 heavy (non-hydrogen) atoms. The third kappa shape index (κ3) is 4.31. The van der Waals surface area contributed by atoms with Crippen LogP contribution in [0.5, 0.6) is 0 Å². The van der Waals surface area contributed by atoms with Gasteiger partial charge in [0.2, 0.25) is 11.1 Å². The Hall–Kier alpha value is -2.09. The van der Waals surface area contributed by atoms with Crippen LogP contribution in [0.15, 0.2) is 23.4 Å². The lowest BCUT2D eigenvalue weighted by Gasteiger charge is -2.19. The van der Waals surface area contributed by atoms with Gasteiger partial charge in [-0.3, -0.25) is 4.79 Å². The molecule has 1 amide bonds. The quantitative estimate of drug-likeness (QED) is 0.798. The number of benzene rings is 1. The Morgan fingerprint density at radius 2 is 2.08 bits per heavy atom. The molecule has 7 nitrogen and oxygen atoms in total. The summed E-state index contributed by atoms with van der Waals surface area (Å²) in [7, 11) is 0.